The molecule has 9 aromatic heterocycles. The fourth-order valence-electron chi connectivity index (χ4n) is 20.3. The van der Waals surface area contributed by atoms with Crippen molar-refractivity contribution >= 4 is 150 Å². The number of para-hydroxylation sites is 5. The van der Waals surface area contributed by atoms with Gasteiger partial charge in [-0.15, -0.1) is 22.7 Å². The van der Waals surface area contributed by atoms with Gasteiger partial charge in [0.2, 0.25) is 17.8 Å². The van der Waals surface area contributed by atoms with Gasteiger partial charge in [0.15, 0.2) is 34.9 Å². The number of rotatable bonds is 11. The monoisotopic (exact) mass is 1760 g/mol. The fourth-order valence-corrected chi connectivity index (χ4v) is 22.5. The summed E-state index contributed by atoms with van der Waals surface area (Å²) in [6, 6.07) is 151. The van der Waals surface area contributed by atoms with Crippen LogP contribution >= 0.6 is 22.7 Å². The lowest BCUT2D eigenvalue weighted by atomic mass is 9.82. The first kappa shape index (κ1) is 78.7. The van der Waals surface area contributed by atoms with Gasteiger partial charge >= 0.3 is 0 Å². The summed E-state index contributed by atoms with van der Waals surface area (Å²) in [7, 11) is 0. The molecule has 634 valence electrons. The summed E-state index contributed by atoms with van der Waals surface area (Å²) in [6.07, 6.45) is 0. The highest BCUT2D eigenvalue weighted by Crippen LogP contribution is 2.52. The SMILES string of the molecule is CC1(C)c2ccccc2-c2ccc(-c3nc(-c4ccccc4)nc(-n4c5ccccc5c5ccc6c(c7ccccc7n6-c6ccccc6)c54)n3)cc21.c1ccc(-c2ccc(-c3nc(-c4ccccc4)nc(-n4c5ccccc5c5ccc6sc7ccccc7c6c54)n3)cc2)cc1.c1ccc(-c2nc(-c3ccccc3)nc(-n3c4ccccc4c4ccc5sc6ccccc6c5c43)n2)cc1. The van der Waals surface area contributed by atoms with Gasteiger partial charge in [-0.05, 0) is 106 Å². The van der Waals surface area contributed by atoms with Gasteiger partial charge in [-0.1, -0.05) is 372 Å². The standard InChI is InChI=1S/C48H33N5.C39H24N4S.C33H20N4S/c1-48(2)38-22-12-9-19-33(38)34-26-25-31(29-39(34)48)46-49-45(30-15-5-3-6-16-30)50-47(51-46)53-40-23-13-10-20-35(40)36-27-28-42-43(44(36)53)37-21-11-14-24-41(37)52(42)32-17-7-4-8-18-32;1-3-11-25(12-4-1)26-19-21-28(22-20-26)38-40-37(27-13-5-2-6-14-27)41-39(42-38)43-32-17-9-7-15-29(32)30-23-24-34-35(36(30)43)31-16-8-10-18-33(31)44-34;1-3-11-21(12-4-1)31-34-32(22-13-5-2-6-14-22)36-33(35-31)37-26-17-9-7-15-23(26)24-19-20-28-29(30(24)37)25-16-8-10-18-27(25)38-28/h3-29H,1-2H3;1-24H;1-20H. The van der Waals surface area contributed by atoms with E-state index in [1.165, 1.54) is 100 Å². The highest BCUT2D eigenvalue weighted by atomic mass is 32.1. The zero-order valence-corrected chi connectivity index (χ0v) is 74.8. The lowest BCUT2D eigenvalue weighted by Gasteiger charge is -2.21. The van der Waals surface area contributed by atoms with Crippen LogP contribution in [0.1, 0.15) is 25.0 Å². The quantitative estimate of drug-likeness (QED) is 0.124. The number of aromatic nitrogens is 13. The molecule has 1 aliphatic rings. The summed E-state index contributed by atoms with van der Waals surface area (Å²) in [5.74, 6) is 5.69. The highest BCUT2D eigenvalue weighted by molar-refractivity contribution is 7.26. The van der Waals surface area contributed by atoms with Crippen LogP contribution in [0.5, 0.6) is 0 Å². The van der Waals surface area contributed by atoms with E-state index in [2.05, 4.69) is 360 Å². The van der Waals surface area contributed by atoms with Crippen LogP contribution in [0.15, 0.2) is 431 Å². The molecule has 0 spiro atoms. The molecule has 0 saturated heterocycles. The zero-order chi connectivity index (χ0) is 89.4. The Morgan fingerprint density at radius 3 is 0.933 bits per heavy atom. The molecule has 0 bridgehead atoms. The van der Waals surface area contributed by atoms with Gasteiger partial charge in [0, 0.05) is 128 Å². The van der Waals surface area contributed by atoms with E-state index in [4.69, 9.17) is 44.9 Å². The van der Waals surface area contributed by atoms with E-state index in [0.29, 0.717) is 52.8 Å². The molecule has 0 aliphatic heterocycles. The molecular formula is C120H77N13S2. The second-order valence-corrected chi connectivity index (χ2v) is 36.8. The van der Waals surface area contributed by atoms with Gasteiger partial charge in [0.05, 0.1) is 44.1 Å². The van der Waals surface area contributed by atoms with Crippen LogP contribution in [0.4, 0.5) is 0 Å². The van der Waals surface area contributed by atoms with E-state index in [1.807, 2.05) is 126 Å². The second-order valence-electron chi connectivity index (χ2n) is 34.7. The van der Waals surface area contributed by atoms with E-state index in [1.54, 1.807) is 0 Å². The lowest BCUT2D eigenvalue weighted by molar-refractivity contribution is 0.660. The van der Waals surface area contributed by atoms with Crippen molar-refractivity contribution in [3.8, 4) is 114 Å². The van der Waals surface area contributed by atoms with E-state index in [0.717, 1.165) is 99.5 Å². The smallest absolute Gasteiger partial charge is 0.238 e. The molecule has 18 aromatic carbocycles. The number of fused-ring (bicyclic) bond motifs is 24. The number of thiophene rings is 2. The Kier molecular flexibility index (Phi) is 18.7. The van der Waals surface area contributed by atoms with Gasteiger partial charge in [0.1, 0.15) is 0 Å². The van der Waals surface area contributed by atoms with Crippen LogP contribution in [-0.2, 0) is 5.41 Å². The molecule has 1 aliphatic carbocycles. The van der Waals surface area contributed by atoms with Crippen molar-refractivity contribution in [2.24, 2.45) is 0 Å². The Hall–Kier alpha value is -17.4. The van der Waals surface area contributed by atoms with Crippen molar-refractivity contribution in [2.45, 2.75) is 19.3 Å². The second kappa shape index (κ2) is 32.0. The molecule has 0 amide bonds. The lowest BCUT2D eigenvalue weighted by Crippen LogP contribution is -2.15. The predicted octanol–water partition coefficient (Wildman–Crippen LogP) is 30.7. The number of benzene rings is 18. The Morgan fingerprint density at radius 1 is 0.193 bits per heavy atom. The predicted molar refractivity (Wildman–Crippen MR) is 558 cm³/mol. The highest BCUT2D eigenvalue weighted by Gasteiger charge is 2.36. The summed E-state index contributed by atoms with van der Waals surface area (Å²) in [5.41, 5.74) is 23.0. The molecular weight excluding hydrogens is 1690 g/mol. The summed E-state index contributed by atoms with van der Waals surface area (Å²) in [5, 5.41) is 14.4. The first-order chi connectivity index (χ1) is 66.7. The van der Waals surface area contributed by atoms with Gasteiger partial charge < -0.3 is 4.57 Å². The first-order valence-electron chi connectivity index (χ1n) is 45.3. The third-order valence-corrected chi connectivity index (χ3v) is 28.8. The molecule has 0 radical (unpaired) electrons. The number of hydrogen-bond donors (Lipinski definition) is 0. The third kappa shape index (κ3) is 13.1. The van der Waals surface area contributed by atoms with Crippen molar-refractivity contribution in [1.29, 1.82) is 0 Å². The summed E-state index contributed by atoms with van der Waals surface area (Å²) < 4.78 is 14.1. The van der Waals surface area contributed by atoms with Gasteiger partial charge in [-0.2, -0.15) is 29.9 Å². The maximum Gasteiger partial charge on any atom is 0.238 e. The molecule has 15 heteroatoms. The van der Waals surface area contributed by atoms with Crippen molar-refractivity contribution in [1.82, 2.24) is 63.1 Å². The number of nitrogens with zero attached hydrogens (tertiary/aromatic N) is 13. The molecule has 135 heavy (non-hydrogen) atoms. The van der Waals surface area contributed by atoms with E-state index >= 15 is 0 Å². The van der Waals surface area contributed by atoms with Crippen LogP contribution in [0.2, 0.25) is 0 Å². The molecule has 13 nitrogen and oxygen atoms in total. The van der Waals surface area contributed by atoms with Crippen LogP contribution in [0.3, 0.4) is 0 Å². The van der Waals surface area contributed by atoms with Crippen molar-refractivity contribution < 1.29 is 0 Å². The van der Waals surface area contributed by atoms with Crippen LogP contribution in [-0.4, -0.2) is 63.1 Å². The van der Waals surface area contributed by atoms with Gasteiger partial charge in [0.25, 0.3) is 0 Å². The normalized spacial score (nSPS) is 12.3. The Bertz CT molecular complexity index is 9340. The third-order valence-electron chi connectivity index (χ3n) is 26.5. The average molecular weight is 1770 g/mol. The molecule has 0 fully saturated rings. The van der Waals surface area contributed by atoms with Crippen LogP contribution < -0.4 is 0 Å². The molecule has 28 rings (SSSR count). The number of hydrogen-bond acceptors (Lipinski definition) is 11. The first-order valence-corrected chi connectivity index (χ1v) is 47.0. The van der Waals surface area contributed by atoms with Gasteiger partial charge in [-0.25, -0.2) is 15.0 Å². The van der Waals surface area contributed by atoms with E-state index < -0.39 is 0 Å². The summed E-state index contributed by atoms with van der Waals surface area (Å²) in [6.45, 7) is 4.62. The molecule has 9 heterocycles. The molecule has 0 saturated carbocycles. The molecule has 0 N–H and O–H groups in total. The minimum Gasteiger partial charge on any atom is -0.309 e. The van der Waals surface area contributed by atoms with Crippen LogP contribution in [0.25, 0.3) is 242 Å². The molecule has 27 aromatic rings. The Morgan fingerprint density at radius 2 is 0.496 bits per heavy atom. The zero-order valence-electron chi connectivity index (χ0n) is 73.1. The fraction of sp³-hybridized carbons (Fsp3) is 0.0250. The Labute approximate surface area is 782 Å². The van der Waals surface area contributed by atoms with Crippen molar-refractivity contribution in [3.63, 3.8) is 0 Å². The Balaban J connectivity index is 0.000000107. The topological polar surface area (TPSA) is 136 Å². The molecule has 0 unspecified atom stereocenters. The van der Waals surface area contributed by atoms with Gasteiger partial charge in [-0.3, -0.25) is 13.7 Å². The minimum absolute atomic E-state index is 0.147. The minimum atomic E-state index is -0.147. The van der Waals surface area contributed by atoms with Crippen molar-refractivity contribution in [2.75, 3.05) is 0 Å². The van der Waals surface area contributed by atoms with E-state index in [-0.39, 0.29) is 5.41 Å². The maximum atomic E-state index is 5.38. The molecule has 0 atom stereocenters. The summed E-state index contributed by atoms with van der Waals surface area (Å²) in [4.78, 5) is 46.3. The van der Waals surface area contributed by atoms with Crippen molar-refractivity contribution in [3.05, 3.63) is 442 Å². The average Bonchev–Trinajstić information content (AvgIpc) is 1.58. The summed E-state index contributed by atoms with van der Waals surface area (Å²) >= 11 is 3.65. The van der Waals surface area contributed by atoms with Crippen LogP contribution in [0, 0.1) is 0 Å². The maximum absolute atomic E-state index is 5.38. The van der Waals surface area contributed by atoms with E-state index in [9.17, 15) is 0 Å². The largest absolute Gasteiger partial charge is 0.309 e.